The number of allylic oxidation sites excluding steroid dienone is 8. The van der Waals surface area contributed by atoms with Gasteiger partial charge in [0.15, 0.2) is 6.10 Å². The van der Waals surface area contributed by atoms with E-state index in [1.165, 1.54) is 51.4 Å². The molecule has 9 atom stereocenters. The quantitative estimate of drug-likeness (QED) is 0.00951. The largest absolute Gasteiger partial charge is 0.472 e. The molecule has 0 heterocycles. The van der Waals surface area contributed by atoms with Crippen LogP contribution in [0.25, 0.3) is 0 Å². The third-order valence-corrected chi connectivity index (χ3v) is 12.2. The van der Waals surface area contributed by atoms with E-state index in [-0.39, 0.29) is 12.8 Å². The Morgan fingerprint density at radius 1 is 0.576 bits per heavy atom. The summed E-state index contributed by atoms with van der Waals surface area (Å²) in [5.74, 6) is -1.31. The fraction of sp³-hybridized carbons (Fsp3) is 0.745. The highest BCUT2D eigenvalue weighted by Crippen LogP contribution is 2.49. The van der Waals surface area contributed by atoms with Crippen LogP contribution in [0.15, 0.2) is 60.8 Å². The lowest BCUT2D eigenvalue weighted by atomic mass is 9.85. The molecule has 0 aromatic carbocycles. The molecule has 1 rings (SSSR count). The van der Waals surface area contributed by atoms with E-state index in [4.69, 9.17) is 18.5 Å². The maximum absolute atomic E-state index is 13.0. The predicted octanol–water partition coefficient (Wildman–Crippen LogP) is 8.03. The summed E-state index contributed by atoms with van der Waals surface area (Å²) < 4.78 is 49.3. The number of phosphoric acid groups is 2. The zero-order chi connectivity index (χ0) is 49.1. The Labute approximate surface area is 392 Å². The molecule has 0 aliphatic heterocycles. The molecule has 1 aliphatic carbocycles. The molecule has 5 unspecified atom stereocenters. The van der Waals surface area contributed by atoms with Crippen molar-refractivity contribution in [2.45, 2.75) is 210 Å². The summed E-state index contributed by atoms with van der Waals surface area (Å²) in [6.45, 7) is 2.88. The van der Waals surface area contributed by atoms with Crippen molar-refractivity contribution in [3.8, 4) is 0 Å². The molecule has 382 valence electrons. The minimum Gasteiger partial charge on any atom is -0.462 e. The van der Waals surface area contributed by atoms with Crippen LogP contribution in [0, 0.1) is 0 Å². The van der Waals surface area contributed by atoms with E-state index in [1.54, 1.807) is 12.2 Å². The summed E-state index contributed by atoms with van der Waals surface area (Å²) in [5, 5.41) is 51.3. The van der Waals surface area contributed by atoms with E-state index in [2.05, 4.69) is 36.6 Å². The van der Waals surface area contributed by atoms with Gasteiger partial charge in [0.1, 0.15) is 43.2 Å². The molecule has 0 saturated heterocycles. The van der Waals surface area contributed by atoms with Gasteiger partial charge in [0.2, 0.25) is 0 Å². The standard InChI is InChI=1S/C47H82O17P2/c1-3-5-7-9-11-12-13-14-15-16-17-18-22-26-30-34-40(49)60-36-39(37-61-66(58,59)64-47-44(53)42(51)43(52)46(45(47)54)63-65(55,56)57)62-41(50)35-31-27-23-20-19-21-25-29-33-38(48)32-28-24-10-8-6-4-2/h5,7,20-21,23-25,28-29,33,38-39,42-48,51-54H,3-4,6,8-19,22,26-27,30-32,34-37H2,1-2H3,(H,58,59)(H2,55,56,57)/b7-5-,23-20-,25-21-,28-24-,33-29+/t38-,39+,42?,43?,44?,45?,46+,47-/m0/s1. The van der Waals surface area contributed by atoms with E-state index in [9.17, 15) is 58.9 Å². The third kappa shape index (κ3) is 31.7. The van der Waals surface area contributed by atoms with E-state index < -0.39 is 89.6 Å². The number of rotatable bonds is 39. The molecule has 1 saturated carbocycles. The highest BCUT2D eigenvalue weighted by molar-refractivity contribution is 7.47. The second kappa shape index (κ2) is 37.5. The zero-order valence-corrected chi connectivity index (χ0v) is 41.0. The van der Waals surface area contributed by atoms with Crippen molar-refractivity contribution in [2.24, 2.45) is 0 Å². The second-order valence-corrected chi connectivity index (χ2v) is 19.2. The number of ether oxygens (including phenoxy) is 2. The van der Waals surface area contributed by atoms with E-state index in [1.807, 2.05) is 30.4 Å². The Hall–Kier alpha value is -2.34. The molecule has 0 spiro atoms. The zero-order valence-electron chi connectivity index (χ0n) is 39.2. The van der Waals surface area contributed by atoms with Gasteiger partial charge >= 0.3 is 27.6 Å². The maximum Gasteiger partial charge on any atom is 0.472 e. The number of hydrogen-bond donors (Lipinski definition) is 8. The number of hydrogen-bond acceptors (Lipinski definition) is 14. The van der Waals surface area contributed by atoms with Gasteiger partial charge in [-0.05, 0) is 64.2 Å². The Balaban J connectivity index is 2.66. The molecular weight excluding hydrogens is 898 g/mol. The van der Waals surface area contributed by atoms with Crippen molar-refractivity contribution in [3.63, 3.8) is 0 Å². The molecule has 17 nitrogen and oxygen atoms in total. The predicted molar refractivity (Wildman–Crippen MR) is 252 cm³/mol. The highest BCUT2D eigenvalue weighted by Gasteiger charge is 2.54. The molecule has 0 aromatic rings. The molecule has 66 heavy (non-hydrogen) atoms. The molecule has 1 aliphatic rings. The Bertz CT molecular complexity index is 1530. The number of aliphatic hydroxyl groups is 5. The van der Waals surface area contributed by atoms with Crippen LogP contribution in [-0.4, -0.2) is 114 Å². The van der Waals surface area contributed by atoms with Crippen LogP contribution in [0.4, 0.5) is 0 Å². The first-order chi connectivity index (χ1) is 31.5. The number of aliphatic hydroxyl groups excluding tert-OH is 5. The minimum atomic E-state index is -5.38. The van der Waals surface area contributed by atoms with Gasteiger partial charge in [0, 0.05) is 12.8 Å². The van der Waals surface area contributed by atoms with Crippen molar-refractivity contribution >= 4 is 27.6 Å². The van der Waals surface area contributed by atoms with Crippen molar-refractivity contribution in [1.29, 1.82) is 0 Å². The molecule has 19 heteroatoms. The molecule has 1 fully saturated rings. The summed E-state index contributed by atoms with van der Waals surface area (Å²) in [4.78, 5) is 54.3. The normalized spacial score (nSPS) is 22.5. The van der Waals surface area contributed by atoms with Crippen LogP contribution >= 0.6 is 15.6 Å². The Morgan fingerprint density at radius 3 is 1.74 bits per heavy atom. The first-order valence-electron chi connectivity index (χ1n) is 23.9. The number of carbonyl (C=O) groups is 2. The summed E-state index contributed by atoms with van der Waals surface area (Å²) in [6, 6.07) is 0. The highest BCUT2D eigenvalue weighted by atomic mass is 31.2. The van der Waals surface area contributed by atoms with Gasteiger partial charge in [-0.1, -0.05) is 145 Å². The first-order valence-corrected chi connectivity index (χ1v) is 27.0. The number of carbonyl (C=O) groups excluding carboxylic acids is 2. The van der Waals surface area contributed by atoms with Crippen LogP contribution in [-0.2, 0) is 41.8 Å². The van der Waals surface area contributed by atoms with Crippen LogP contribution in [0.1, 0.15) is 162 Å². The summed E-state index contributed by atoms with van der Waals surface area (Å²) in [5.41, 5.74) is 0. The van der Waals surface area contributed by atoms with Gasteiger partial charge < -0.3 is 49.7 Å². The van der Waals surface area contributed by atoms with E-state index in [0.717, 1.165) is 51.4 Å². The molecule has 0 aromatic heterocycles. The maximum atomic E-state index is 13.0. The fourth-order valence-electron chi connectivity index (χ4n) is 6.93. The molecule has 0 bridgehead atoms. The van der Waals surface area contributed by atoms with E-state index >= 15 is 0 Å². The summed E-state index contributed by atoms with van der Waals surface area (Å²) in [7, 11) is -10.7. The third-order valence-electron chi connectivity index (χ3n) is 10.7. The number of unbranched alkanes of at least 4 members (excludes halogenated alkanes) is 15. The van der Waals surface area contributed by atoms with Crippen LogP contribution in [0.2, 0.25) is 0 Å². The number of esters is 2. The van der Waals surface area contributed by atoms with Gasteiger partial charge in [-0.3, -0.25) is 23.2 Å². The molecule has 8 N–H and O–H groups in total. The Kier molecular flexibility index (Phi) is 35.1. The lowest BCUT2D eigenvalue weighted by Gasteiger charge is -2.43. The summed E-state index contributed by atoms with van der Waals surface area (Å²) >= 11 is 0. The van der Waals surface area contributed by atoms with Crippen molar-refractivity contribution in [2.75, 3.05) is 13.2 Å². The minimum absolute atomic E-state index is 0.0653. The average Bonchev–Trinajstić information content (AvgIpc) is 3.27. The van der Waals surface area contributed by atoms with Gasteiger partial charge in [-0.25, -0.2) is 9.13 Å². The molecule has 0 radical (unpaired) electrons. The number of phosphoric ester groups is 2. The monoisotopic (exact) mass is 981 g/mol. The van der Waals surface area contributed by atoms with Gasteiger partial charge in [-0.2, -0.15) is 0 Å². The summed E-state index contributed by atoms with van der Waals surface area (Å²) in [6.07, 6.45) is 24.9. The Morgan fingerprint density at radius 2 is 1.12 bits per heavy atom. The van der Waals surface area contributed by atoms with Crippen molar-refractivity contribution in [3.05, 3.63) is 60.8 Å². The lowest BCUT2D eigenvalue weighted by Crippen LogP contribution is -2.64. The molecule has 0 amide bonds. The second-order valence-electron chi connectivity index (χ2n) is 16.6. The van der Waals surface area contributed by atoms with Crippen LogP contribution in [0.5, 0.6) is 0 Å². The lowest BCUT2D eigenvalue weighted by molar-refractivity contribution is -0.216. The average molecular weight is 981 g/mol. The van der Waals surface area contributed by atoms with E-state index in [0.29, 0.717) is 32.1 Å². The van der Waals surface area contributed by atoms with Crippen LogP contribution in [0.3, 0.4) is 0 Å². The topological polar surface area (TPSA) is 276 Å². The SMILES string of the molecule is CC/C=C\CCCCCCCCCCCCCC(=O)OC[C@H](COP(=O)(O)O[C@H]1C(O)C(O)C(O)[C@@H](OP(=O)(O)O)C1O)OC(=O)CCC/C=C\C/C=C\C=C\[C@@H](O)C/C=C\CCCCC. The van der Waals surface area contributed by atoms with Gasteiger partial charge in [0.25, 0.3) is 0 Å². The first kappa shape index (κ1) is 61.7. The van der Waals surface area contributed by atoms with Gasteiger partial charge in [-0.15, -0.1) is 0 Å². The van der Waals surface area contributed by atoms with Crippen molar-refractivity contribution in [1.82, 2.24) is 0 Å². The van der Waals surface area contributed by atoms with Crippen LogP contribution < -0.4 is 0 Å². The molecular formula is C47H82O17P2. The van der Waals surface area contributed by atoms with Gasteiger partial charge in [0.05, 0.1) is 12.7 Å². The van der Waals surface area contributed by atoms with Crippen molar-refractivity contribution < 1.29 is 82.0 Å². The fourth-order valence-corrected chi connectivity index (χ4v) is 8.47. The smallest absolute Gasteiger partial charge is 0.462 e.